The molecular formula is C14H19N3O2S2. The van der Waals surface area contributed by atoms with Crippen LogP contribution < -0.4 is 10.0 Å². The first kappa shape index (κ1) is 16.1. The summed E-state index contributed by atoms with van der Waals surface area (Å²) < 4.78 is 27.6. The SMILES string of the molecule is CNCc1scc(C)c1S(=O)(=O)NCc1ccc(C)nc1. The van der Waals surface area contributed by atoms with Crippen molar-refractivity contribution in [3.63, 3.8) is 0 Å². The number of hydrogen-bond donors (Lipinski definition) is 2. The maximum Gasteiger partial charge on any atom is 0.242 e. The van der Waals surface area contributed by atoms with Crippen LogP contribution in [0, 0.1) is 13.8 Å². The monoisotopic (exact) mass is 325 g/mol. The topological polar surface area (TPSA) is 71.1 Å². The van der Waals surface area contributed by atoms with Crippen molar-refractivity contribution in [3.05, 3.63) is 45.4 Å². The minimum Gasteiger partial charge on any atom is -0.315 e. The van der Waals surface area contributed by atoms with Crippen LogP contribution in [0.15, 0.2) is 28.6 Å². The van der Waals surface area contributed by atoms with Crippen molar-refractivity contribution in [3.8, 4) is 0 Å². The average Bonchev–Trinajstić information content (AvgIpc) is 2.80. The molecule has 0 atom stereocenters. The van der Waals surface area contributed by atoms with Gasteiger partial charge in [-0.25, -0.2) is 13.1 Å². The Balaban J connectivity index is 2.18. The molecule has 2 aromatic rings. The van der Waals surface area contributed by atoms with Crippen molar-refractivity contribution < 1.29 is 8.42 Å². The van der Waals surface area contributed by atoms with Gasteiger partial charge in [-0.15, -0.1) is 11.3 Å². The molecule has 0 saturated carbocycles. The highest BCUT2D eigenvalue weighted by molar-refractivity contribution is 7.89. The molecule has 2 aromatic heterocycles. The van der Waals surface area contributed by atoms with Gasteiger partial charge in [0.25, 0.3) is 0 Å². The Morgan fingerprint density at radius 3 is 2.62 bits per heavy atom. The first-order chi connectivity index (χ1) is 9.94. The van der Waals surface area contributed by atoms with Gasteiger partial charge in [0, 0.05) is 29.9 Å². The molecule has 2 heterocycles. The van der Waals surface area contributed by atoms with Crippen LogP contribution >= 0.6 is 11.3 Å². The molecule has 5 nitrogen and oxygen atoms in total. The molecule has 2 rings (SSSR count). The van der Waals surface area contributed by atoms with Crippen molar-refractivity contribution in [1.29, 1.82) is 0 Å². The number of nitrogens with zero attached hydrogens (tertiary/aromatic N) is 1. The van der Waals surface area contributed by atoms with E-state index in [9.17, 15) is 8.42 Å². The van der Waals surface area contributed by atoms with Gasteiger partial charge in [0.05, 0.1) is 0 Å². The first-order valence-electron chi connectivity index (χ1n) is 6.57. The highest BCUT2D eigenvalue weighted by Crippen LogP contribution is 2.26. The molecule has 2 N–H and O–H groups in total. The Morgan fingerprint density at radius 1 is 1.24 bits per heavy atom. The summed E-state index contributed by atoms with van der Waals surface area (Å²) in [5.74, 6) is 0. The molecule has 0 bridgehead atoms. The van der Waals surface area contributed by atoms with Gasteiger partial charge in [-0.05, 0) is 43.5 Å². The number of sulfonamides is 1. The van der Waals surface area contributed by atoms with Crippen molar-refractivity contribution in [2.24, 2.45) is 0 Å². The third-order valence-electron chi connectivity index (χ3n) is 3.03. The summed E-state index contributed by atoms with van der Waals surface area (Å²) in [6.07, 6.45) is 1.69. The Bertz CT molecular complexity index is 706. The van der Waals surface area contributed by atoms with Crippen molar-refractivity contribution >= 4 is 21.4 Å². The number of aryl methyl sites for hydroxylation is 2. The third kappa shape index (κ3) is 3.88. The molecule has 114 valence electrons. The lowest BCUT2D eigenvalue weighted by Crippen LogP contribution is -2.25. The fourth-order valence-electron chi connectivity index (χ4n) is 1.98. The summed E-state index contributed by atoms with van der Waals surface area (Å²) in [6.45, 7) is 4.50. The smallest absolute Gasteiger partial charge is 0.242 e. The summed E-state index contributed by atoms with van der Waals surface area (Å²) in [6, 6.07) is 3.74. The van der Waals surface area contributed by atoms with Crippen LogP contribution in [0.3, 0.4) is 0 Å². The number of thiophene rings is 1. The summed E-state index contributed by atoms with van der Waals surface area (Å²) in [5.41, 5.74) is 2.53. The molecule has 0 aliphatic carbocycles. The maximum atomic E-state index is 12.5. The predicted molar refractivity (Wildman–Crippen MR) is 84.8 cm³/mol. The lowest BCUT2D eigenvalue weighted by molar-refractivity contribution is 0.579. The van der Waals surface area contributed by atoms with Gasteiger partial charge >= 0.3 is 0 Å². The minimum absolute atomic E-state index is 0.240. The molecule has 7 heteroatoms. The van der Waals surface area contributed by atoms with E-state index >= 15 is 0 Å². The van der Waals surface area contributed by atoms with Gasteiger partial charge in [-0.3, -0.25) is 4.98 Å². The zero-order chi connectivity index (χ0) is 15.5. The second kappa shape index (κ2) is 6.65. The lowest BCUT2D eigenvalue weighted by Gasteiger charge is -2.09. The average molecular weight is 325 g/mol. The predicted octanol–water partition coefficient (Wildman–Crippen LogP) is 1.96. The standard InChI is InChI=1S/C14H19N3O2S2/c1-10-9-20-13(8-15-3)14(10)21(18,19)17-7-12-5-4-11(2)16-6-12/h4-6,9,15,17H,7-8H2,1-3H3. The second-order valence-electron chi connectivity index (χ2n) is 4.83. The van der Waals surface area contributed by atoms with Gasteiger partial charge in [0.15, 0.2) is 0 Å². The van der Waals surface area contributed by atoms with Gasteiger partial charge in [-0.1, -0.05) is 6.07 Å². The molecule has 0 radical (unpaired) electrons. The number of rotatable bonds is 6. The van der Waals surface area contributed by atoms with Crippen molar-refractivity contribution in [2.45, 2.75) is 31.8 Å². The van der Waals surface area contributed by atoms with Crippen LogP contribution in [-0.2, 0) is 23.1 Å². The fraction of sp³-hybridized carbons (Fsp3) is 0.357. The molecule has 0 aromatic carbocycles. The molecule has 0 unspecified atom stereocenters. The zero-order valence-electron chi connectivity index (χ0n) is 12.3. The Hall–Kier alpha value is -1.28. The number of nitrogens with one attached hydrogen (secondary N) is 2. The molecular weight excluding hydrogens is 306 g/mol. The molecule has 0 fully saturated rings. The number of hydrogen-bond acceptors (Lipinski definition) is 5. The Morgan fingerprint density at radius 2 is 2.00 bits per heavy atom. The van der Waals surface area contributed by atoms with E-state index in [1.165, 1.54) is 11.3 Å². The highest BCUT2D eigenvalue weighted by atomic mass is 32.2. The summed E-state index contributed by atoms with van der Waals surface area (Å²) in [7, 11) is -1.71. The molecule has 0 aliphatic rings. The van der Waals surface area contributed by atoms with Gasteiger partial charge in [-0.2, -0.15) is 0 Å². The van der Waals surface area contributed by atoms with Crippen molar-refractivity contribution in [1.82, 2.24) is 15.0 Å². The number of pyridine rings is 1. The van der Waals surface area contributed by atoms with E-state index in [1.807, 2.05) is 31.4 Å². The largest absolute Gasteiger partial charge is 0.315 e. The summed E-state index contributed by atoms with van der Waals surface area (Å²) in [5, 5.41) is 4.87. The molecule has 21 heavy (non-hydrogen) atoms. The molecule has 0 spiro atoms. The lowest BCUT2D eigenvalue weighted by atomic mass is 10.2. The third-order valence-corrected chi connectivity index (χ3v) is 5.90. The number of aromatic nitrogens is 1. The van der Waals surface area contributed by atoms with E-state index in [4.69, 9.17) is 0 Å². The highest BCUT2D eigenvalue weighted by Gasteiger charge is 2.22. The van der Waals surface area contributed by atoms with E-state index < -0.39 is 10.0 Å². The van der Waals surface area contributed by atoms with Crippen LogP contribution in [0.25, 0.3) is 0 Å². The van der Waals surface area contributed by atoms with Crippen LogP contribution in [0.4, 0.5) is 0 Å². The summed E-state index contributed by atoms with van der Waals surface area (Å²) >= 11 is 1.46. The van der Waals surface area contributed by atoms with Gasteiger partial charge in [0.1, 0.15) is 4.90 Å². The fourth-order valence-corrected chi connectivity index (χ4v) is 4.82. The van der Waals surface area contributed by atoms with E-state index in [0.717, 1.165) is 21.7 Å². The summed E-state index contributed by atoms with van der Waals surface area (Å²) in [4.78, 5) is 5.38. The Kier molecular flexibility index (Phi) is 5.10. The van der Waals surface area contributed by atoms with Crippen LogP contribution in [0.1, 0.15) is 21.7 Å². The van der Waals surface area contributed by atoms with E-state index in [1.54, 1.807) is 13.2 Å². The van der Waals surface area contributed by atoms with E-state index in [-0.39, 0.29) is 6.54 Å². The quantitative estimate of drug-likeness (QED) is 0.852. The normalized spacial score (nSPS) is 11.8. The van der Waals surface area contributed by atoms with Gasteiger partial charge in [0.2, 0.25) is 10.0 Å². The van der Waals surface area contributed by atoms with Crippen LogP contribution in [-0.4, -0.2) is 20.4 Å². The minimum atomic E-state index is -3.52. The molecule has 0 aliphatic heterocycles. The van der Waals surface area contributed by atoms with E-state index in [0.29, 0.717) is 11.4 Å². The van der Waals surface area contributed by atoms with Gasteiger partial charge < -0.3 is 5.32 Å². The van der Waals surface area contributed by atoms with Crippen molar-refractivity contribution in [2.75, 3.05) is 7.05 Å². The second-order valence-corrected chi connectivity index (χ2v) is 7.50. The Labute approximate surface area is 129 Å². The van der Waals surface area contributed by atoms with Crippen LogP contribution in [0.5, 0.6) is 0 Å². The van der Waals surface area contributed by atoms with E-state index in [2.05, 4.69) is 15.0 Å². The van der Waals surface area contributed by atoms with Crippen LogP contribution in [0.2, 0.25) is 0 Å². The zero-order valence-corrected chi connectivity index (χ0v) is 13.9. The maximum absolute atomic E-state index is 12.5. The molecule has 0 amide bonds. The first-order valence-corrected chi connectivity index (χ1v) is 8.93. The molecule has 0 saturated heterocycles.